The van der Waals surface area contributed by atoms with Crippen LogP contribution in [0.2, 0.25) is 0 Å². The second kappa shape index (κ2) is 7.85. The number of nitrogens with one attached hydrogen (secondary N) is 1. The van der Waals surface area contributed by atoms with E-state index in [4.69, 9.17) is 16.2 Å². The fourth-order valence-electron chi connectivity index (χ4n) is 1.32. The van der Waals surface area contributed by atoms with Crippen molar-refractivity contribution in [2.45, 2.75) is 19.3 Å². The molecule has 1 rings (SSSR count). The van der Waals surface area contributed by atoms with Gasteiger partial charge in [-0.1, -0.05) is 6.58 Å². The Balaban J connectivity index is 2.10. The van der Waals surface area contributed by atoms with Crippen molar-refractivity contribution in [2.24, 2.45) is 0 Å². The number of aromatic nitrogens is 3. The fraction of sp³-hybridized carbons (Fsp3) is 0.455. The maximum atomic E-state index is 10.8. The van der Waals surface area contributed by atoms with Crippen molar-refractivity contribution in [2.75, 3.05) is 29.9 Å². The third kappa shape index (κ3) is 6.20. The van der Waals surface area contributed by atoms with Gasteiger partial charge in [-0.25, -0.2) is 4.79 Å². The predicted octanol–water partition coefficient (Wildman–Crippen LogP) is 0.347. The van der Waals surface area contributed by atoms with Crippen molar-refractivity contribution in [3.63, 3.8) is 0 Å². The summed E-state index contributed by atoms with van der Waals surface area (Å²) in [4.78, 5) is 22.2. The van der Waals surface area contributed by atoms with E-state index in [9.17, 15) is 4.79 Å². The Morgan fingerprint density at radius 1 is 1.21 bits per heavy atom. The lowest BCUT2D eigenvalue weighted by Gasteiger charge is -2.05. The monoisotopic (exact) mass is 266 g/mol. The van der Waals surface area contributed by atoms with Gasteiger partial charge < -0.3 is 21.5 Å². The number of nitrogen functional groups attached to an aromatic ring is 2. The van der Waals surface area contributed by atoms with Crippen molar-refractivity contribution in [1.29, 1.82) is 0 Å². The predicted molar refractivity (Wildman–Crippen MR) is 72.1 cm³/mol. The summed E-state index contributed by atoms with van der Waals surface area (Å²) in [7, 11) is 0. The van der Waals surface area contributed by atoms with Crippen molar-refractivity contribution in [1.82, 2.24) is 15.0 Å². The summed E-state index contributed by atoms with van der Waals surface area (Å²) < 4.78 is 4.84. The first kappa shape index (κ1) is 14.7. The lowest BCUT2D eigenvalue weighted by atomic mass is 10.2. The second-order valence-corrected chi connectivity index (χ2v) is 3.73. The third-order valence-electron chi connectivity index (χ3n) is 2.19. The molecule has 0 amide bonds. The highest BCUT2D eigenvalue weighted by molar-refractivity contribution is 5.81. The molecule has 0 bridgehead atoms. The minimum Gasteiger partial charge on any atom is -0.463 e. The number of esters is 1. The third-order valence-corrected chi connectivity index (χ3v) is 2.19. The summed E-state index contributed by atoms with van der Waals surface area (Å²) in [6, 6.07) is 0. The molecule has 0 spiro atoms. The molecule has 19 heavy (non-hydrogen) atoms. The largest absolute Gasteiger partial charge is 0.463 e. The van der Waals surface area contributed by atoms with Crippen LogP contribution in [-0.2, 0) is 9.53 Å². The van der Waals surface area contributed by atoms with Gasteiger partial charge in [-0.2, -0.15) is 15.0 Å². The molecule has 0 aromatic carbocycles. The molecule has 8 nitrogen and oxygen atoms in total. The SMILES string of the molecule is C=CC(=O)OCCCCCNc1nc(N)nc(N)n1. The van der Waals surface area contributed by atoms with E-state index < -0.39 is 5.97 Å². The number of nitrogens with zero attached hydrogens (tertiary/aromatic N) is 3. The molecule has 1 heterocycles. The van der Waals surface area contributed by atoms with Crippen molar-refractivity contribution in [3.05, 3.63) is 12.7 Å². The Bertz CT molecular complexity index is 417. The van der Waals surface area contributed by atoms with E-state index in [1.54, 1.807) is 0 Å². The number of unbranched alkanes of at least 4 members (excludes halogenated alkanes) is 2. The normalized spacial score (nSPS) is 9.89. The molecule has 5 N–H and O–H groups in total. The van der Waals surface area contributed by atoms with E-state index in [0.717, 1.165) is 25.3 Å². The number of nitrogens with two attached hydrogens (primary N) is 2. The maximum absolute atomic E-state index is 10.8. The summed E-state index contributed by atoms with van der Waals surface area (Å²) in [6.07, 6.45) is 3.74. The Hall–Kier alpha value is -2.38. The second-order valence-electron chi connectivity index (χ2n) is 3.73. The lowest BCUT2D eigenvalue weighted by molar-refractivity contribution is -0.137. The Morgan fingerprint density at radius 3 is 2.53 bits per heavy atom. The number of anilines is 3. The molecule has 0 atom stereocenters. The van der Waals surface area contributed by atoms with Crippen LogP contribution in [0.15, 0.2) is 12.7 Å². The molecule has 1 aromatic heterocycles. The Morgan fingerprint density at radius 2 is 1.89 bits per heavy atom. The topological polar surface area (TPSA) is 129 Å². The van der Waals surface area contributed by atoms with Crippen LogP contribution in [0.1, 0.15) is 19.3 Å². The first-order valence-electron chi connectivity index (χ1n) is 5.92. The molecule has 0 radical (unpaired) electrons. The van der Waals surface area contributed by atoms with E-state index in [1.807, 2.05) is 0 Å². The molecular weight excluding hydrogens is 248 g/mol. The highest BCUT2D eigenvalue weighted by Gasteiger charge is 2.00. The van der Waals surface area contributed by atoms with Gasteiger partial charge in [0, 0.05) is 12.6 Å². The minimum atomic E-state index is -0.394. The molecule has 0 saturated heterocycles. The van der Waals surface area contributed by atoms with Gasteiger partial charge in [-0.15, -0.1) is 0 Å². The van der Waals surface area contributed by atoms with Crippen LogP contribution >= 0.6 is 0 Å². The number of hydrogen-bond acceptors (Lipinski definition) is 8. The standard InChI is InChI=1S/C11H18N6O2/c1-2-8(18)19-7-5-3-4-6-14-11-16-9(12)15-10(13)17-11/h2H,1,3-7H2,(H5,12,13,14,15,16,17). The van der Waals surface area contributed by atoms with Gasteiger partial charge in [-0.3, -0.25) is 0 Å². The van der Waals surface area contributed by atoms with E-state index in [0.29, 0.717) is 19.1 Å². The number of rotatable bonds is 8. The zero-order valence-corrected chi connectivity index (χ0v) is 10.6. The van der Waals surface area contributed by atoms with Crippen LogP contribution in [0, 0.1) is 0 Å². The molecule has 0 fully saturated rings. The van der Waals surface area contributed by atoms with Crippen LogP contribution in [0.25, 0.3) is 0 Å². The molecule has 104 valence electrons. The molecule has 0 aliphatic rings. The smallest absolute Gasteiger partial charge is 0.330 e. The van der Waals surface area contributed by atoms with Gasteiger partial charge in [0.15, 0.2) is 0 Å². The van der Waals surface area contributed by atoms with Crippen molar-refractivity contribution < 1.29 is 9.53 Å². The van der Waals surface area contributed by atoms with E-state index in [2.05, 4.69) is 26.8 Å². The van der Waals surface area contributed by atoms with Gasteiger partial charge in [-0.05, 0) is 19.3 Å². The summed E-state index contributed by atoms with van der Waals surface area (Å²) >= 11 is 0. The molecular formula is C11H18N6O2. The average molecular weight is 266 g/mol. The zero-order chi connectivity index (χ0) is 14.1. The van der Waals surface area contributed by atoms with Crippen LogP contribution in [-0.4, -0.2) is 34.1 Å². The zero-order valence-electron chi connectivity index (χ0n) is 10.6. The number of carbonyl (C=O) groups excluding carboxylic acids is 1. The van der Waals surface area contributed by atoms with Gasteiger partial charge in [0.25, 0.3) is 0 Å². The van der Waals surface area contributed by atoms with Gasteiger partial charge in [0.05, 0.1) is 6.61 Å². The van der Waals surface area contributed by atoms with Crippen LogP contribution < -0.4 is 16.8 Å². The highest BCUT2D eigenvalue weighted by Crippen LogP contribution is 2.04. The maximum Gasteiger partial charge on any atom is 0.330 e. The average Bonchev–Trinajstić information content (AvgIpc) is 2.36. The quantitative estimate of drug-likeness (QED) is 0.349. The van der Waals surface area contributed by atoms with Crippen molar-refractivity contribution >= 4 is 23.8 Å². The lowest BCUT2D eigenvalue weighted by Crippen LogP contribution is -2.10. The minimum absolute atomic E-state index is 0.0892. The van der Waals surface area contributed by atoms with Gasteiger partial charge >= 0.3 is 5.97 Å². The number of carbonyl (C=O) groups is 1. The molecule has 0 aliphatic heterocycles. The summed E-state index contributed by atoms with van der Waals surface area (Å²) in [5, 5.41) is 2.99. The van der Waals surface area contributed by atoms with E-state index >= 15 is 0 Å². The molecule has 0 saturated carbocycles. The van der Waals surface area contributed by atoms with Gasteiger partial charge in [0.1, 0.15) is 0 Å². The Kier molecular flexibility index (Phi) is 6.07. The van der Waals surface area contributed by atoms with Crippen LogP contribution in [0.4, 0.5) is 17.8 Å². The fourth-order valence-corrected chi connectivity index (χ4v) is 1.32. The summed E-state index contributed by atoms with van der Waals surface area (Å²) in [6.45, 7) is 4.39. The van der Waals surface area contributed by atoms with Gasteiger partial charge in [0.2, 0.25) is 17.8 Å². The Labute approximate surface area is 111 Å². The first-order valence-corrected chi connectivity index (χ1v) is 5.92. The van der Waals surface area contributed by atoms with E-state index in [1.165, 1.54) is 0 Å². The molecule has 1 aromatic rings. The van der Waals surface area contributed by atoms with Crippen LogP contribution in [0.3, 0.4) is 0 Å². The van der Waals surface area contributed by atoms with E-state index in [-0.39, 0.29) is 11.9 Å². The molecule has 0 unspecified atom stereocenters. The highest BCUT2D eigenvalue weighted by atomic mass is 16.5. The van der Waals surface area contributed by atoms with Crippen molar-refractivity contribution in [3.8, 4) is 0 Å². The summed E-state index contributed by atoms with van der Waals surface area (Å²) in [5.41, 5.74) is 10.9. The molecule has 0 aliphatic carbocycles. The first-order chi connectivity index (χ1) is 9.11. The summed E-state index contributed by atoms with van der Waals surface area (Å²) in [5.74, 6) is 0.148. The number of hydrogen-bond donors (Lipinski definition) is 3. The number of ether oxygens (including phenoxy) is 1. The molecule has 8 heteroatoms. The van der Waals surface area contributed by atoms with Crippen LogP contribution in [0.5, 0.6) is 0 Å².